The first-order valence-electron chi connectivity index (χ1n) is 17.1. The highest BCUT2D eigenvalue weighted by Gasteiger charge is 2.18. The van der Waals surface area contributed by atoms with Crippen LogP contribution in [0.15, 0.2) is 72.8 Å². The second kappa shape index (κ2) is 20.5. The van der Waals surface area contributed by atoms with E-state index in [4.69, 9.17) is 28.7 Å². The van der Waals surface area contributed by atoms with Crippen molar-refractivity contribution in [2.45, 2.75) is 84.7 Å². The number of esters is 1. The van der Waals surface area contributed by atoms with E-state index in [9.17, 15) is 4.79 Å². The summed E-state index contributed by atoms with van der Waals surface area (Å²) in [7, 11) is 0. The lowest BCUT2D eigenvalue weighted by atomic mass is 9.83. The molecule has 7 nitrogen and oxygen atoms in total. The van der Waals surface area contributed by atoms with Gasteiger partial charge in [-0.05, 0) is 118 Å². The third kappa shape index (κ3) is 13.8. The molecule has 0 heterocycles. The number of aryl methyl sites for hydroxylation is 1. The molecule has 0 N–H and O–H groups in total. The van der Waals surface area contributed by atoms with Gasteiger partial charge in [-0.3, -0.25) is 0 Å². The zero-order valence-corrected chi connectivity index (χ0v) is 27.8. The average molecular weight is 633 g/mol. The average Bonchev–Trinajstić information content (AvgIpc) is 3.08. The Bertz CT molecular complexity index is 1230. The maximum absolute atomic E-state index is 12.4. The zero-order valence-electron chi connectivity index (χ0n) is 27.8. The summed E-state index contributed by atoms with van der Waals surface area (Å²) in [4.78, 5) is 23.1. The normalized spacial score (nSPS) is 16.1. The van der Waals surface area contributed by atoms with Gasteiger partial charge in [-0.15, -0.1) is 0 Å². The van der Waals surface area contributed by atoms with Gasteiger partial charge in [-0.2, -0.15) is 0 Å². The number of carbonyl (C=O) groups excluding carboxylic acids is 1. The SMILES string of the molecule is Cc1ccc(OCCCCOc2ccc(COOCCCCCCOC(=O)c3ccc(OCC4CCC(C)CC4)cc3)cc2)cc1. The number of hydrogen-bond acceptors (Lipinski definition) is 7. The maximum Gasteiger partial charge on any atom is 0.338 e. The van der Waals surface area contributed by atoms with Crippen molar-refractivity contribution >= 4 is 5.97 Å². The molecule has 0 atom stereocenters. The van der Waals surface area contributed by atoms with Crippen LogP contribution in [-0.4, -0.2) is 39.0 Å². The molecule has 250 valence electrons. The van der Waals surface area contributed by atoms with Gasteiger partial charge in [0.2, 0.25) is 0 Å². The fourth-order valence-electron chi connectivity index (χ4n) is 5.33. The summed E-state index contributed by atoms with van der Waals surface area (Å²) in [5.74, 6) is 3.76. The minimum Gasteiger partial charge on any atom is -0.494 e. The Morgan fingerprint density at radius 2 is 1.15 bits per heavy atom. The van der Waals surface area contributed by atoms with Crippen molar-refractivity contribution in [1.82, 2.24) is 0 Å². The molecule has 1 fully saturated rings. The Kier molecular flexibility index (Phi) is 15.8. The molecule has 7 heteroatoms. The van der Waals surface area contributed by atoms with Gasteiger partial charge in [-0.1, -0.05) is 56.0 Å². The van der Waals surface area contributed by atoms with E-state index in [1.807, 2.05) is 48.5 Å². The maximum atomic E-state index is 12.4. The van der Waals surface area contributed by atoms with Crippen LogP contribution in [0, 0.1) is 18.8 Å². The molecule has 46 heavy (non-hydrogen) atoms. The highest BCUT2D eigenvalue weighted by molar-refractivity contribution is 5.89. The second-order valence-electron chi connectivity index (χ2n) is 12.5. The van der Waals surface area contributed by atoms with Gasteiger partial charge in [0.1, 0.15) is 23.9 Å². The largest absolute Gasteiger partial charge is 0.494 e. The molecule has 1 aliphatic carbocycles. The summed E-state index contributed by atoms with van der Waals surface area (Å²) < 4.78 is 23.0. The van der Waals surface area contributed by atoms with E-state index in [2.05, 4.69) is 26.0 Å². The molecule has 0 saturated heterocycles. The number of hydrogen-bond donors (Lipinski definition) is 0. The van der Waals surface area contributed by atoms with Crippen molar-refractivity contribution in [3.63, 3.8) is 0 Å². The monoisotopic (exact) mass is 632 g/mol. The van der Waals surface area contributed by atoms with E-state index in [0.717, 1.165) is 73.9 Å². The van der Waals surface area contributed by atoms with Crippen LogP contribution >= 0.6 is 0 Å². The second-order valence-corrected chi connectivity index (χ2v) is 12.5. The third-order valence-electron chi connectivity index (χ3n) is 8.40. The molecule has 0 spiro atoms. The Balaban J connectivity index is 0.936. The Hall–Kier alpha value is -3.55. The zero-order chi connectivity index (χ0) is 32.2. The van der Waals surface area contributed by atoms with E-state index in [1.165, 1.54) is 31.2 Å². The fourth-order valence-corrected chi connectivity index (χ4v) is 5.33. The molecule has 0 aliphatic heterocycles. The van der Waals surface area contributed by atoms with Gasteiger partial charge in [-0.25, -0.2) is 14.6 Å². The fraction of sp³-hybridized carbons (Fsp3) is 0.513. The first-order chi connectivity index (χ1) is 22.5. The molecule has 3 aromatic rings. The van der Waals surface area contributed by atoms with E-state index < -0.39 is 0 Å². The minimum absolute atomic E-state index is 0.288. The lowest BCUT2D eigenvalue weighted by Gasteiger charge is -2.26. The van der Waals surface area contributed by atoms with Gasteiger partial charge >= 0.3 is 5.97 Å². The summed E-state index contributed by atoms with van der Waals surface area (Å²) in [6.45, 7) is 7.82. The lowest BCUT2D eigenvalue weighted by molar-refractivity contribution is -0.304. The van der Waals surface area contributed by atoms with Gasteiger partial charge in [0.05, 0.1) is 38.6 Å². The van der Waals surface area contributed by atoms with Crippen molar-refractivity contribution in [1.29, 1.82) is 0 Å². The van der Waals surface area contributed by atoms with Crippen LogP contribution in [0.5, 0.6) is 17.2 Å². The van der Waals surface area contributed by atoms with E-state index >= 15 is 0 Å². The van der Waals surface area contributed by atoms with Crippen molar-refractivity contribution in [3.8, 4) is 17.2 Å². The molecule has 3 aromatic carbocycles. The molecule has 0 radical (unpaired) electrons. The van der Waals surface area contributed by atoms with Crippen molar-refractivity contribution in [3.05, 3.63) is 89.5 Å². The third-order valence-corrected chi connectivity index (χ3v) is 8.40. The van der Waals surface area contributed by atoms with Crippen molar-refractivity contribution in [2.75, 3.05) is 33.0 Å². The summed E-state index contributed by atoms with van der Waals surface area (Å²) >= 11 is 0. The molecule has 0 amide bonds. The summed E-state index contributed by atoms with van der Waals surface area (Å²) in [5, 5.41) is 0. The van der Waals surface area contributed by atoms with Gasteiger partial charge in [0.15, 0.2) is 0 Å². The predicted octanol–water partition coefficient (Wildman–Crippen LogP) is 9.30. The molecule has 4 rings (SSSR count). The lowest BCUT2D eigenvalue weighted by Crippen LogP contribution is -2.18. The van der Waals surface area contributed by atoms with Gasteiger partial charge < -0.3 is 18.9 Å². The number of unbranched alkanes of at least 4 members (excludes halogenated alkanes) is 4. The first-order valence-corrected chi connectivity index (χ1v) is 17.1. The topological polar surface area (TPSA) is 72.5 Å². The van der Waals surface area contributed by atoms with E-state index in [1.54, 1.807) is 12.1 Å². The standard InChI is InChI=1S/C39H52O7/c1-31-9-13-33(14-10-31)29-44-38-23-17-35(18-24-38)39(40)43-27-5-3-4-6-28-45-46-30-34-15-21-37(22-16-34)42-26-8-7-25-41-36-19-11-32(2)12-20-36/h11-12,15-24,31,33H,3-10,13-14,25-30H2,1-2H3. The number of rotatable bonds is 21. The molecule has 1 saturated carbocycles. The smallest absolute Gasteiger partial charge is 0.338 e. The summed E-state index contributed by atoms with van der Waals surface area (Å²) in [6, 6.07) is 23.3. The summed E-state index contributed by atoms with van der Waals surface area (Å²) in [5.41, 5.74) is 2.81. The van der Waals surface area contributed by atoms with Crippen LogP contribution in [0.4, 0.5) is 0 Å². The highest BCUT2D eigenvalue weighted by Crippen LogP contribution is 2.29. The van der Waals surface area contributed by atoms with Crippen molar-refractivity contribution < 1.29 is 33.5 Å². The Morgan fingerprint density at radius 1 is 0.609 bits per heavy atom. The number of benzene rings is 3. The Labute approximate surface area is 275 Å². The molecule has 0 bridgehead atoms. The van der Waals surface area contributed by atoms with Gasteiger partial charge in [0.25, 0.3) is 0 Å². The number of carbonyl (C=O) groups is 1. The minimum atomic E-state index is -0.288. The van der Waals surface area contributed by atoms with Crippen molar-refractivity contribution in [2.24, 2.45) is 11.8 Å². The van der Waals surface area contributed by atoms with Gasteiger partial charge in [0, 0.05) is 0 Å². The molecular weight excluding hydrogens is 580 g/mol. The van der Waals surface area contributed by atoms with Crippen LogP contribution in [-0.2, 0) is 21.1 Å². The van der Waals surface area contributed by atoms with Crippen LogP contribution in [0.1, 0.15) is 92.6 Å². The predicted molar refractivity (Wildman–Crippen MR) is 180 cm³/mol. The van der Waals surface area contributed by atoms with E-state index in [0.29, 0.717) is 44.5 Å². The Morgan fingerprint density at radius 3 is 1.80 bits per heavy atom. The quantitative estimate of drug-likeness (QED) is 0.0502. The van der Waals surface area contributed by atoms with Crippen LogP contribution in [0.2, 0.25) is 0 Å². The van der Waals surface area contributed by atoms with Crippen LogP contribution in [0.3, 0.4) is 0 Å². The molecule has 0 aromatic heterocycles. The molecular formula is C39H52O7. The molecule has 0 unspecified atom stereocenters. The molecule has 1 aliphatic rings. The first kappa shape index (κ1) is 35.3. The van der Waals surface area contributed by atoms with Crippen LogP contribution < -0.4 is 14.2 Å². The van der Waals surface area contributed by atoms with E-state index in [-0.39, 0.29) is 5.97 Å². The number of ether oxygens (including phenoxy) is 4. The summed E-state index contributed by atoms with van der Waals surface area (Å²) in [6.07, 6.45) is 10.6. The highest BCUT2D eigenvalue weighted by atomic mass is 17.2. The van der Waals surface area contributed by atoms with Crippen LogP contribution in [0.25, 0.3) is 0 Å².